The second kappa shape index (κ2) is 5.23. The maximum absolute atomic E-state index is 10.9. The molecule has 3 nitrogen and oxygen atoms in total. The molecule has 1 aromatic heterocycles. The Morgan fingerprint density at radius 3 is 2.72 bits per heavy atom. The van der Waals surface area contributed by atoms with Crippen molar-refractivity contribution in [3.8, 4) is 0 Å². The van der Waals surface area contributed by atoms with Crippen LogP contribution in [0.2, 0.25) is 0 Å². The molecule has 0 radical (unpaired) electrons. The minimum absolute atomic E-state index is 0.0744. The van der Waals surface area contributed by atoms with Gasteiger partial charge in [-0.1, -0.05) is 23.9 Å². The number of nitrogens with zero attached hydrogens (tertiary/aromatic N) is 1. The van der Waals surface area contributed by atoms with E-state index in [0.717, 1.165) is 9.79 Å². The molecule has 0 atom stereocenters. The standard InChI is InChI=1S/C14H13NO2S/c1-9-3-4-10(2)13(7-9)18-11-5-6-15-12(8-11)14(16)17/h3-8H,1-2H3,(H,16,17). The van der Waals surface area contributed by atoms with Crippen LogP contribution in [0.25, 0.3) is 0 Å². The van der Waals surface area contributed by atoms with E-state index in [0.29, 0.717) is 0 Å². The molecular weight excluding hydrogens is 246 g/mol. The predicted octanol–water partition coefficient (Wildman–Crippen LogP) is 3.55. The Labute approximate surface area is 110 Å². The molecular formula is C14H13NO2S. The first-order valence-electron chi connectivity index (χ1n) is 5.51. The molecule has 0 aliphatic heterocycles. The van der Waals surface area contributed by atoms with Crippen LogP contribution in [0.5, 0.6) is 0 Å². The Morgan fingerprint density at radius 2 is 2.00 bits per heavy atom. The lowest BCUT2D eigenvalue weighted by Gasteiger charge is -2.07. The number of carboxylic acid groups (broad SMARTS) is 1. The number of hydrogen-bond acceptors (Lipinski definition) is 3. The summed E-state index contributed by atoms with van der Waals surface area (Å²) < 4.78 is 0. The van der Waals surface area contributed by atoms with Crippen LogP contribution < -0.4 is 0 Å². The highest BCUT2D eigenvalue weighted by Gasteiger charge is 2.07. The number of aromatic carboxylic acids is 1. The summed E-state index contributed by atoms with van der Waals surface area (Å²) in [6.07, 6.45) is 1.52. The zero-order chi connectivity index (χ0) is 13.1. The molecule has 0 aliphatic rings. The van der Waals surface area contributed by atoms with Gasteiger partial charge < -0.3 is 5.11 Å². The monoisotopic (exact) mass is 259 g/mol. The third-order valence-electron chi connectivity index (χ3n) is 2.52. The second-order valence-electron chi connectivity index (χ2n) is 4.05. The highest BCUT2D eigenvalue weighted by atomic mass is 32.2. The smallest absolute Gasteiger partial charge is 0.354 e. The molecule has 1 heterocycles. The van der Waals surface area contributed by atoms with Crippen LogP contribution in [0, 0.1) is 13.8 Å². The molecule has 0 fully saturated rings. The number of aryl methyl sites for hydroxylation is 2. The molecule has 0 saturated heterocycles. The van der Waals surface area contributed by atoms with Gasteiger partial charge in [0.1, 0.15) is 5.69 Å². The Balaban J connectivity index is 2.31. The fourth-order valence-corrected chi connectivity index (χ4v) is 2.56. The SMILES string of the molecule is Cc1ccc(C)c(Sc2ccnc(C(=O)O)c2)c1. The fourth-order valence-electron chi connectivity index (χ4n) is 1.54. The van der Waals surface area contributed by atoms with Crippen molar-refractivity contribution >= 4 is 17.7 Å². The lowest BCUT2D eigenvalue weighted by molar-refractivity contribution is 0.0690. The molecule has 0 bridgehead atoms. The Kier molecular flexibility index (Phi) is 3.67. The largest absolute Gasteiger partial charge is 0.477 e. The quantitative estimate of drug-likeness (QED) is 0.915. The summed E-state index contributed by atoms with van der Waals surface area (Å²) in [6, 6.07) is 9.64. The summed E-state index contributed by atoms with van der Waals surface area (Å²) in [6.45, 7) is 4.08. The van der Waals surface area contributed by atoms with E-state index in [-0.39, 0.29) is 5.69 Å². The summed E-state index contributed by atoms with van der Waals surface area (Å²) in [4.78, 5) is 16.7. The van der Waals surface area contributed by atoms with Crippen molar-refractivity contribution in [3.05, 3.63) is 53.3 Å². The van der Waals surface area contributed by atoms with Crippen LogP contribution >= 0.6 is 11.8 Å². The van der Waals surface area contributed by atoms with E-state index in [9.17, 15) is 4.79 Å². The van der Waals surface area contributed by atoms with Crippen LogP contribution in [0.15, 0.2) is 46.3 Å². The molecule has 1 N–H and O–H groups in total. The van der Waals surface area contributed by atoms with Crippen LogP contribution in [0.1, 0.15) is 21.6 Å². The summed E-state index contributed by atoms with van der Waals surface area (Å²) in [7, 11) is 0. The van der Waals surface area contributed by atoms with Crippen LogP contribution in [-0.2, 0) is 0 Å². The van der Waals surface area contributed by atoms with Gasteiger partial charge in [-0.05, 0) is 43.2 Å². The van der Waals surface area contributed by atoms with Gasteiger partial charge in [-0.2, -0.15) is 0 Å². The van der Waals surface area contributed by atoms with Gasteiger partial charge in [0.2, 0.25) is 0 Å². The van der Waals surface area contributed by atoms with Gasteiger partial charge in [-0.25, -0.2) is 9.78 Å². The number of pyridine rings is 1. The van der Waals surface area contributed by atoms with Crippen molar-refractivity contribution in [2.75, 3.05) is 0 Å². The topological polar surface area (TPSA) is 50.2 Å². The highest BCUT2D eigenvalue weighted by Crippen LogP contribution is 2.30. The van der Waals surface area contributed by atoms with Crippen molar-refractivity contribution in [2.45, 2.75) is 23.6 Å². The number of hydrogen-bond donors (Lipinski definition) is 1. The van der Waals surface area contributed by atoms with E-state index in [1.807, 2.05) is 19.9 Å². The highest BCUT2D eigenvalue weighted by molar-refractivity contribution is 7.99. The van der Waals surface area contributed by atoms with E-state index in [1.165, 1.54) is 17.3 Å². The van der Waals surface area contributed by atoms with Crippen molar-refractivity contribution in [2.24, 2.45) is 0 Å². The van der Waals surface area contributed by atoms with Gasteiger partial charge in [0.25, 0.3) is 0 Å². The maximum Gasteiger partial charge on any atom is 0.354 e. The Morgan fingerprint density at radius 1 is 1.22 bits per heavy atom. The normalized spacial score (nSPS) is 10.3. The average Bonchev–Trinajstić information content (AvgIpc) is 2.34. The first kappa shape index (κ1) is 12.6. The minimum Gasteiger partial charge on any atom is -0.477 e. The fraction of sp³-hybridized carbons (Fsp3) is 0.143. The van der Waals surface area contributed by atoms with Crippen LogP contribution in [-0.4, -0.2) is 16.1 Å². The van der Waals surface area contributed by atoms with Gasteiger partial charge in [-0.15, -0.1) is 0 Å². The van der Waals surface area contributed by atoms with Crippen molar-refractivity contribution in [3.63, 3.8) is 0 Å². The summed E-state index contributed by atoms with van der Waals surface area (Å²) >= 11 is 1.56. The molecule has 2 aromatic rings. The predicted molar refractivity (Wildman–Crippen MR) is 71.2 cm³/mol. The number of rotatable bonds is 3. The van der Waals surface area contributed by atoms with Crippen molar-refractivity contribution in [1.29, 1.82) is 0 Å². The van der Waals surface area contributed by atoms with Crippen LogP contribution in [0.3, 0.4) is 0 Å². The minimum atomic E-state index is -1.00. The molecule has 0 amide bonds. The number of carbonyl (C=O) groups is 1. The molecule has 0 saturated carbocycles. The first-order valence-corrected chi connectivity index (χ1v) is 6.32. The zero-order valence-corrected chi connectivity index (χ0v) is 11.0. The third-order valence-corrected chi connectivity index (χ3v) is 3.67. The summed E-state index contributed by atoms with van der Waals surface area (Å²) in [5.74, 6) is -1.00. The number of aromatic nitrogens is 1. The van der Waals surface area contributed by atoms with Gasteiger partial charge in [0.05, 0.1) is 0 Å². The van der Waals surface area contributed by atoms with Crippen molar-refractivity contribution < 1.29 is 9.90 Å². The summed E-state index contributed by atoms with van der Waals surface area (Å²) in [5.41, 5.74) is 2.44. The first-order chi connectivity index (χ1) is 8.56. The summed E-state index contributed by atoms with van der Waals surface area (Å²) in [5, 5.41) is 8.90. The lowest BCUT2D eigenvalue weighted by Crippen LogP contribution is -1.99. The van der Waals surface area contributed by atoms with Gasteiger partial charge >= 0.3 is 5.97 Å². The van der Waals surface area contributed by atoms with E-state index >= 15 is 0 Å². The average molecular weight is 259 g/mol. The van der Waals surface area contributed by atoms with E-state index < -0.39 is 5.97 Å². The Hall–Kier alpha value is -1.81. The second-order valence-corrected chi connectivity index (χ2v) is 5.17. The Bertz CT molecular complexity index is 596. The van der Waals surface area contributed by atoms with Crippen LogP contribution in [0.4, 0.5) is 0 Å². The lowest BCUT2D eigenvalue weighted by atomic mass is 10.2. The van der Waals surface area contributed by atoms with Crippen molar-refractivity contribution in [1.82, 2.24) is 4.98 Å². The molecule has 0 aliphatic carbocycles. The molecule has 2 rings (SSSR count). The van der Waals surface area contributed by atoms with Gasteiger partial charge in [0, 0.05) is 16.0 Å². The maximum atomic E-state index is 10.9. The zero-order valence-electron chi connectivity index (χ0n) is 10.2. The number of benzene rings is 1. The van der Waals surface area contributed by atoms with E-state index in [2.05, 4.69) is 23.2 Å². The molecule has 4 heteroatoms. The molecule has 0 unspecified atom stereocenters. The number of carboxylic acids is 1. The van der Waals surface area contributed by atoms with E-state index in [4.69, 9.17) is 5.11 Å². The molecule has 92 valence electrons. The van der Waals surface area contributed by atoms with E-state index in [1.54, 1.807) is 17.8 Å². The molecule has 18 heavy (non-hydrogen) atoms. The van der Waals surface area contributed by atoms with Gasteiger partial charge in [0.15, 0.2) is 0 Å². The molecule has 1 aromatic carbocycles. The van der Waals surface area contributed by atoms with Gasteiger partial charge in [-0.3, -0.25) is 0 Å². The molecule has 0 spiro atoms. The third kappa shape index (κ3) is 2.90.